The first-order valence-corrected chi connectivity index (χ1v) is 9.39. The van der Waals surface area contributed by atoms with Gasteiger partial charge in [0.05, 0.1) is 6.21 Å². The molecule has 3 aromatic rings. The number of carbonyl (C=O) groups is 1. The summed E-state index contributed by atoms with van der Waals surface area (Å²) in [5.41, 5.74) is 6.59. The Balaban J connectivity index is 1.43. The number of benzene rings is 3. The van der Waals surface area contributed by atoms with Crippen LogP contribution in [0.1, 0.15) is 22.3 Å². The quantitative estimate of drug-likeness (QED) is 0.459. The number of nitrogens with one attached hydrogen (secondary N) is 1. The molecule has 5 nitrogen and oxygen atoms in total. The fourth-order valence-electron chi connectivity index (χ4n) is 2.71. The lowest BCUT2D eigenvalue weighted by atomic mass is 10.1. The van der Waals surface area contributed by atoms with Crippen LogP contribution in [0.15, 0.2) is 77.9 Å². The maximum atomic E-state index is 11.9. The smallest absolute Gasteiger partial charge is 0.277 e. The highest BCUT2D eigenvalue weighted by atomic mass is 16.5. The molecule has 0 unspecified atom stereocenters. The zero-order valence-electron chi connectivity index (χ0n) is 16.6. The van der Waals surface area contributed by atoms with Crippen molar-refractivity contribution < 1.29 is 14.3 Å². The SMILES string of the molecule is Cc1ccc(OCC(=O)NN=Cc2ccc(OCc3ccccc3)cc2)c(C)c1. The van der Waals surface area contributed by atoms with Crippen LogP contribution >= 0.6 is 0 Å². The van der Waals surface area contributed by atoms with Crippen LogP contribution in [-0.4, -0.2) is 18.7 Å². The number of hydrazone groups is 1. The summed E-state index contributed by atoms with van der Waals surface area (Å²) in [6.07, 6.45) is 1.58. The molecule has 0 aliphatic carbocycles. The molecule has 5 heteroatoms. The molecule has 29 heavy (non-hydrogen) atoms. The molecule has 1 amide bonds. The third-order valence-corrected chi connectivity index (χ3v) is 4.22. The van der Waals surface area contributed by atoms with Gasteiger partial charge >= 0.3 is 0 Å². The third kappa shape index (κ3) is 6.50. The second-order valence-corrected chi connectivity index (χ2v) is 6.69. The van der Waals surface area contributed by atoms with Gasteiger partial charge in [0, 0.05) is 0 Å². The Kier molecular flexibility index (Phi) is 7.00. The summed E-state index contributed by atoms with van der Waals surface area (Å²) in [5.74, 6) is 1.15. The van der Waals surface area contributed by atoms with E-state index in [0.717, 1.165) is 28.0 Å². The highest BCUT2D eigenvalue weighted by molar-refractivity contribution is 5.83. The number of amides is 1. The number of hydrogen-bond donors (Lipinski definition) is 1. The Labute approximate surface area is 171 Å². The van der Waals surface area contributed by atoms with Crippen LogP contribution in [-0.2, 0) is 11.4 Å². The molecule has 3 aromatic carbocycles. The lowest BCUT2D eigenvalue weighted by molar-refractivity contribution is -0.123. The summed E-state index contributed by atoms with van der Waals surface area (Å²) in [6.45, 7) is 4.39. The van der Waals surface area contributed by atoms with E-state index in [-0.39, 0.29) is 12.5 Å². The number of rotatable bonds is 8. The van der Waals surface area contributed by atoms with Crippen LogP contribution in [0.3, 0.4) is 0 Å². The first-order valence-electron chi connectivity index (χ1n) is 9.39. The van der Waals surface area contributed by atoms with E-state index in [2.05, 4.69) is 10.5 Å². The minimum absolute atomic E-state index is 0.0898. The molecule has 1 N–H and O–H groups in total. The van der Waals surface area contributed by atoms with Gasteiger partial charge in [-0.3, -0.25) is 4.79 Å². The van der Waals surface area contributed by atoms with E-state index in [4.69, 9.17) is 9.47 Å². The number of aryl methyl sites for hydroxylation is 2. The first kappa shape index (κ1) is 20.1. The molecule has 148 valence electrons. The fraction of sp³-hybridized carbons (Fsp3) is 0.167. The number of nitrogens with zero attached hydrogens (tertiary/aromatic N) is 1. The van der Waals surface area contributed by atoms with Crippen LogP contribution < -0.4 is 14.9 Å². The average Bonchev–Trinajstić information content (AvgIpc) is 2.73. The Morgan fingerprint density at radius 2 is 1.72 bits per heavy atom. The zero-order valence-corrected chi connectivity index (χ0v) is 16.6. The standard InChI is InChI=1S/C24H24N2O3/c1-18-8-13-23(19(2)14-18)29-17-24(27)26-25-15-20-9-11-22(12-10-20)28-16-21-6-4-3-5-7-21/h3-15H,16-17H2,1-2H3,(H,26,27). The number of hydrogen-bond acceptors (Lipinski definition) is 4. The molecule has 3 rings (SSSR count). The Hall–Kier alpha value is -3.60. The lowest BCUT2D eigenvalue weighted by Gasteiger charge is -2.08. The molecule has 0 fully saturated rings. The minimum atomic E-state index is -0.316. The molecule has 0 heterocycles. The molecule has 0 spiro atoms. The van der Waals surface area contributed by atoms with Gasteiger partial charge in [-0.25, -0.2) is 5.43 Å². The van der Waals surface area contributed by atoms with Crippen LogP contribution in [0.4, 0.5) is 0 Å². The van der Waals surface area contributed by atoms with E-state index >= 15 is 0 Å². The number of carbonyl (C=O) groups excluding carboxylic acids is 1. The van der Waals surface area contributed by atoms with Crippen molar-refractivity contribution in [2.24, 2.45) is 5.10 Å². The third-order valence-electron chi connectivity index (χ3n) is 4.22. The maximum absolute atomic E-state index is 11.9. The van der Waals surface area contributed by atoms with E-state index in [1.807, 2.05) is 86.6 Å². The van der Waals surface area contributed by atoms with Gasteiger partial charge in [0.1, 0.15) is 18.1 Å². The van der Waals surface area contributed by atoms with Gasteiger partial charge in [-0.15, -0.1) is 0 Å². The van der Waals surface area contributed by atoms with Gasteiger partial charge < -0.3 is 9.47 Å². The van der Waals surface area contributed by atoms with Gasteiger partial charge in [-0.2, -0.15) is 5.10 Å². The van der Waals surface area contributed by atoms with Crippen molar-refractivity contribution in [2.45, 2.75) is 20.5 Å². The molecule has 0 bridgehead atoms. The van der Waals surface area contributed by atoms with Gasteiger partial charge in [0.15, 0.2) is 6.61 Å². The molecule has 0 aromatic heterocycles. The van der Waals surface area contributed by atoms with E-state index in [9.17, 15) is 4.79 Å². The summed E-state index contributed by atoms with van der Waals surface area (Å²) in [7, 11) is 0. The maximum Gasteiger partial charge on any atom is 0.277 e. The Morgan fingerprint density at radius 1 is 0.966 bits per heavy atom. The highest BCUT2D eigenvalue weighted by Crippen LogP contribution is 2.18. The molecule has 0 aliphatic rings. The first-order chi connectivity index (χ1) is 14.1. The fourth-order valence-corrected chi connectivity index (χ4v) is 2.71. The summed E-state index contributed by atoms with van der Waals surface area (Å²) in [5, 5.41) is 3.97. The Morgan fingerprint density at radius 3 is 2.45 bits per heavy atom. The van der Waals surface area contributed by atoms with Gasteiger partial charge in [-0.1, -0.05) is 48.0 Å². The monoisotopic (exact) mass is 388 g/mol. The normalized spacial score (nSPS) is 10.7. The predicted molar refractivity (Wildman–Crippen MR) is 114 cm³/mol. The minimum Gasteiger partial charge on any atom is -0.489 e. The lowest BCUT2D eigenvalue weighted by Crippen LogP contribution is -2.24. The molecule has 0 atom stereocenters. The van der Waals surface area contributed by atoms with E-state index in [1.165, 1.54) is 0 Å². The van der Waals surface area contributed by atoms with Crippen molar-refractivity contribution in [1.29, 1.82) is 0 Å². The highest BCUT2D eigenvalue weighted by Gasteiger charge is 2.04. The van der Waals surface area contributed by atoms with Crippen LogP contribution in [0, 0.1) is 13.8 Å². The second kappa shape index (κ2) is 10.1. The van der Waals surface area contributed by atoms with Gasteiger partial charge in [-0.05, 0) is 60.9 Å². The van der Waals surface area contributed by atoms with Crippen molar-refractivity contribution in [3.05, 3.63) is 95.1 Å². The Bertz CT molecular complexity index is 967. The topological polar surface area (TPSA) is 59.9 Å². The molecule has 0 saturated carbocycles. The van der Waals surface area contributed by atoms with Crippen molar-refractivity contribution >= 4 is 12.1 Å². The van der Waals surface area contributed by atoms with Crippen molar-refractivity contribution in [1.82, 2.24) is 5.43 Å². The number of ether oxygens (including phenoxy) is 2. The largest absolute Gasteiger partial charge is 0.489 e. The second-order valence-electron chi connectivity index (χ2n) is 6.69. The van der Waals surface area contributed by atoms with Crippen LogP contribution in [0.25, 0.3) is 0 Å². The summed E-state index contributed by atoms with van der Waals surface area (Å²) >= 11 is 0. The van der Waals surface area contributed by atoms with Crippen molar-refractivity contribution in [2.75, 3.05) is 6.61 Å². The predicted octanol–water partition coefficient (Wildman–Crippen LogP) is 4.41. The van der Waals surface area contributed by atoms with E-state index in [1.54, 1.807) is 6.21 Å². The van der Waals surface area contributed by atoms with Crippen LogP contribution in [0.2, 0.25) is 0 Å². The molecule has 0 aliphatic heterocycles. The van der Waals surface area contributed by atoms with E-state index in [0.29, 0.717) is 12.4 Å². The van der Waals surface area contributed by atoms with Gasteiger partial charge in [0.25, 0.3) is 5.91 Å². The van der Waals surface area contributed by atoms with Crippen LogP contribution in [0.5, 0.6) is 11.5 Å². The molecular weight excluding hydrogens is 364 g/mol. The molecule has 0 saturated heterocycles. The molecular formula is C24H24N2O3. The summed E-state index contributed by atoms with van der Waals surface area (Å²) in [6, 6.07) is 23.3. The molecule has 0 radical (unpaired) electrons. The zero-order chi connectivity index (χ0) is 20.5. The van der Waals surface area contributed by atoms with Crippen molar-refractivity contribution in [3.8, 4) is 11.5 Å². The van der Waals surface area contributed by atoms with E-state index < -0.39 is 0 Å². The summed E-state index contributed by atoms with van der Waals surface area (Å²) in [4.78, 5) is 11.9. The van der Waals surface area contributed by atoms with Crippen molar-refractivity contribution in [3.63, 3.8) is 0 Å². The summed E-state index contributed by atoms with van der Waals surface area (Å²) < 4.78 is 11.3. The van der Waals surface area contributed by atoms with Gasteiger partial charge in [0.2, 0.25) is 0 Å². The average molecular weight is 388 g/mol.